The van der Waals surface area contributed by atoms with Gasteiger partial charge in [0, 0.05) is 37.8 Å². The first-order valence-electron chi connectivity index (χ1n) is 10.6. The van der Waals surface area contributed by atoms with E-state index >= 15 is 0 Å². The van der Waals surface area contributed by atoms with Crippen LogP contribution in [0.2, 0.25) is 0 Å². The number of carbonyl (C=O) groups is 3. The van der Waals surface area contributed by atoms with Gasteiger partial charge in [-0.3, -0.25) is 14.4 Å². The van der Waals surface area contributed by atoms with E-state index in [2.05, 4.69) is 5.32 Å². The first kappa shape index (κ1) is 23.1. The van der Waals surface area contributed by atoms with Crippen molar-refractivity contribution in [3.8, 4) is 11.5 Å². The Balaban J connectivity index is 1.47. The molecule has 0 radical (unpaired) electrons. The maximum absolute atomic E-state index is 12.4. The number of likely N-dealkylation sites (N-methyl/N-ethyl adjacent to an activating group) is 1. The van der Waals surface area contributed by atoms with Gasteiger partial charge in [-0.1, -0.05) is 6.07 Å². The number of methoxy groups -OCH3 is 2. The molecule has 1 heterocycles. The van der Waals surface area contributed by atoms with E-state index in [4.69, 9.17) is 9.47 Å². The average Bonchev–Trinajstić information content (AvgIpc) is 3.26. The zero-order chi connectivity index (χ0) is 23.1. The number of ether oxygens (including phenoxy) is 2. The summed E-state index contributed by atoms with van der Waals surface area (Å²) in [5.41, 5.74) is 2.25. The molecule has 0 aliphatic carbocycles. The molecule has 0 aromatic heterocycles. The van der Waals surface area contributed by atoms with E-state index in [1.807, 2.05) is 18.2 Å². The Labute approximate surface area is 188 Å². The Morgan fingerprint density at radius 2 is 1.78 bits per heavy atom. The highest BCUT2D eigenvalue weighted by Crippen LogP contribution is 2.27. The van der Waals surface area contributed by atoms with Gasteiger partial charge in [-0.15, -0.1) is 0 Å². The van der Waals surface area contributed by atoms with Gasteiger partial charge in [-0.2, -0.15) is 0 Å². The summed E-state index contributed by atoms with van der Waals surface area (Å²) in [5, 5.41) is 2.66. The van der Waals surface area contributed by atoms with Crippen LogP contribution in [-0.2, 0) is 16.0 Å². The molecule has 32 heavy (non-hydrogen) atoms. The zero-order valence-electron chi connectivity index (χ0n) is 18.7. The van der Waals surface area contributed by atoms with Crippen molar-refractivity contribution in [1.29, 1.82) is 0 Å². The molecule has 0 spiro atoms. The van der Waals surface area contributed by atoms with Crippen molar-refractivity contribution < 1.29 is 23.9 Å². The van der Waals surface area contributed by atoms with E-state index in [-0.39, 0.29) is 24.3 Å². The van der Waals surface area contributed by atoms with Crippen LogP contribution in [0.4, 0.5) is 5.69 Å². The van der Waals surface area contributed by atoms with Crippen LogP contribution in [-0.4, -0.2) is 63.5 Å². The molecule has 1 aliphatic rings. The Hall–Kier alpha value is -3.55. The number of anilines is 1. The molecule has 1 fully saturated rings. The summed E-state index contributed by atoms with van der Waals surface area (Å²) in [4.78, 5) is 39.9. The fraction of sp³-hybridized carbons (Fsp3) is 0.375. The first-order valence-corrected chi connectivity index (χ1v) is 10.6. The Morgan fingerprint density at radius 1 is 1.06 bits per heavy atom. The maximum Gasteiger partial charge on any atom is 0.251 e. The van der Waals surface area contributed by atoms with Gasteiger partial charge in [0.2, 0.25) is 11.8 Å². The van der Waals surface area contributed by atoms with Gasteiger partial charge in [0.1, 0.15) is 0 Å². The van der Waals surface area contributed by atoms with Crippen LogP contribution in [0.3, 0.4) is 0 Å². The lowest BCUT2D eigenvalue weighted by atomic mass is 10.1. The molecular weight excluding hydrogens is 410 g/mol. The van der Waals surface area contributed by atoms with Gasteiger partial charge in [0.15, 0.2) is 11.5 Å². The van der Waals surface area contributed by atoms with E-state index in [1.54, 1.807) is 55.3 Å². The minimum absolute atomic E-state index is 0.0897. The van der Waals surface area contributed by atoms with Gasteiger partial charge < -0.3 is 24.6 Å². The lowest BCUT2D eigenvalue weighted by molar-refractivity contribution is -0.128. The van der Waals surface area contributed by atoms with Gasteiger partial charge >= 0.3 is 0 Å². The highest BCUT2D eigenvalue weighted by Gasteiger charge is 2.21. The smallest absolute Gasteiger partial charge is 0.251 e. The van der Waals surface area contributed by atoms with Crippen molar-refractivity contribution in [2.75, 3.05) is 45.8 Å². The van der Waals surface area contributed by atoms with Crippen molar-refractivity contribution in [1.82, 2.24) is 10.2 Å². The fourth-order valence-electron chi connectivity index (χ4n) is 3.56. The highest BCUT2D eigenvalue weighted by molar-refractivity contribution is 5.98. The van der Waals surface area contributed by atoms with Gasteiger partial charge in [-0.25, -0.2) is 0 Å². The van der Waals surface area contributed by atoms with Crippen molar-refractivity contribution in [3.63, 3.8) is 0 Å². The number of rotatable bonds is 9. The Morgan fingerprint density at radius 3 is 2.41 bits per heavy atom. The van der Waals surface area contributed by atoms with E-state index < -0.39 is 0 Å². The Kier molecular flexibility index (Phi) is 7.70. The first-order chi connectivity index (χ1) is 15.4. The lowest BCUT2D eigenvalue weighted by Crippen LogP contribution is -2.39. The number of hydrogen-bond donors (Lipinski definition) is 1. The van der Waals surface area contributed by atoms with E-state index in [0.29, 0.717) is 43.0 Å². The third-order valence-corrected chi connectivity index (χ3v) is 5.52. The fourth-order valence-corrected chi connectivity index (χ4v) is 3.56. The molecule has 8 heteroatoms. The van der Waals surface area contributed by atoms with Gasteiger partial charge in [-0.05, 0) is 54.8 Å². The lowest BCUT2D eigenvalue weighted by Gasteiger charge is -2.18. The standard InChI is InChI=1S/C24H29N3O5/c1-26(14-12-17-6-11-20(31-2)21(15-17)32-3)23(29)16-25-24(30)18-7-9-19(10-8-18)27-13-4-5-22(27)28/h6-11,15H,4-5,12-14,16H2,1-3H3,(H,25,30). The number of benzene rings is 2. The second kappa shape index (κ2) is 10.7. The highest BCUT2D eigenvalue weighted by atomic mass is 16.5. The minimum Gasteiger partial charge on any atom is -0.493 e. The molecule has 3 amide bonds. The SMILES string of the molecule is COc1ccc(CCN(C)C(=O)CNC(=O)c2ccc(N3CCCC3=O)cc2)cc1OC. The molecule has 0 saturated carbocycles. The van der Waals surface area contributed by atoms with Crippen LogP contribution < -0.4 is 19.7 Å². The summed E-state index contributed by atoms with van der Waals surface area (Å²) in [6.45, 7) is 1.12. The van der Waals surface area contributed by atoms with E-state index in [1.165, 1.54) is 0 Å². The molecule has 1 saturated heterocycles. The minimum atomic E-state index is -0.328. The predicted molar refractivity (Wildman–Crippen MR) is 121 cm³/mol. The summed E-state index contributed by atoms with van der Waals surface area (Å²) in [7, 11) is 4.87. The predicted octanol–water partition coefficient (Wildman–Crippen LogP) is 2.26. The van der Waals surface area contributed by atoms with Crippen LogP contribution in [0.1, 0.15) is 28.8 Å². The third-order valence-electron chi connectivity index (χ3n) is 5.52. The monoisotopic (exact) mass is 439 g/mol. The van der Waals surface area contributed by atoms with Crippen LogP contribution in [0, 0.1) is 0 Å². The summed E-state index contributed by atoms with van der Waals surface area (Å²) >= 11 is 0. The number of carbonyl (C=O) groups excluding carboxylic acids is 3. The van der Waals surface area contributed by atoms with Crippen LogP contribution >= 0.6 is 0 Å². The van der Waals surface area contributed by atoms with Crippen molar-refractivity contribution in [3.05, 3.63) is 53.6 Å². The maximum atomic E-state index is 12.4. The largest absolute Gasteiger partial charge is 0.493 e. The Bertz CT molecular complexity index is 974. The van der Waals surface area contributed by atoms with Gasteiger partial charge in [0.25, 0.3) is 5.91 Å². The zero-order valence-corrected chi connectivity index (χ0v) is 18.7. The molecule has 2 aromatic carbocycles. The molecule has 3 rings (SSSR count). The van der Waals surface area contributed by atoms with Crippen LogP contribution in [0.15, 0.2) is 42.5 Å². The third kappa shape index (κ3) is 5.57. The second-order valence-electron chi connectivity index (χ2n) is 7.63. The van der Waals surface area contributed by atoms with Gasteiger partial charge in [0.05, 0.1) is 20.8 Å². The summed E-state index contributed by atoms with van der Waals surface area (Å²) in [5.74, 6) is 0.891. The summed E-state index contributed by atoms with van der Waals surface area (Å²) in [6, 6.07) is 12.5. The van der Waals surface area contributed by atoms with Crippen LogP contribution in [0.25, 0.3) is 0 Å². The molecule has 0 atom stereocenters. The van der Waals surface area contributed by atoms with E-state index in [9.17, 15) is 14.4 Å². The normalized spacial score (nSPS) is 13.1. The van der Waals surface area contributed by atoms with Crippen LogP contribution in [0.5, 0.6) is 11.5 Å². The van der Waals surface area contributed by atoms with Crippen molar-refractivity contribution >= 4 is 23.4 Å². The van der Waals surface area contributed by atoms with Crippen molar-refractivity contribution in [2.24, 2.45) is 0 Å². The molecule has 0 unspecified atom stereocenters. The second-order valence-corrected chi connectivity index (χ2v) is 7.63. The topological polar surface area (TPSA) is 88.2 Å². The molecule has 1 aliphatic heterocycles. The number of hydrogen-bond acceptors (Lipinski definition) is 5. The number of nitrogens with one attached hydrogen (secondary N) is 1. The molecular formula is C24H29N3O5. The molecule has 8 nitrogen and oxygen atoms in total. The molecule has 1 N–H and O–H groups in total. The van der Waals surface area contributed by atoms with E-state index in [0.717, 1.165) is 17.7 Å². The van der Waals surface area contributed by atoms with Crippen molar-refractivity contribution in [2.45, 2.75) is 19.3 Å². The number of nitrogens with zero attached hydrogens (tertiary/aromatic N) is 2. The average molecular weight is 440 g/mol. The molecule has 0 bridgehead atoms. The molecule has 170 valence electrons. The number of amides is 3. The molecule has 2 aromatic rings. The summed E-state index contributed by atoms with van der Waals surface area (Å²) in [6.07, 6.45) is 2.06. The summed E-state index contributed by atoms with van der Waals surface area (Å²) < 4.78 is 10.5. The quantitative estimate of drug-likeness (QED) is 0.648.